The second-order valence-electron chi connectivity index (χ2n) is 9.16. The fraction of sp³-hybridized carbons (Fsp3) is 0.458. The summed E-state index contributed by atoms with van der Waals surface area (Å²) in [6.07, 6.45) is 5.72. The van der Waals surface area contributed by atoms with Crippen LogP contribution in [0.5, 0.6) is 0 Å². The Hall–Kier alpha value is -1.89. The van der Waals surface area contributed by atoms with Crippen LogP contribution in [0.25, 0.3) is 0 Å². The molecule has 132 valence electrons. The number of nitrogens with zero attached hydrogens (tertiary/aromatic N) is 1. The maximum absolute atomic E-state index is 4.81. The summed E-state index contributed by atoms with van der Waals surface area (Å²) in [5.74, 6) is 0.509. The lowest BCUT2D eigenvalue weighted by Crippen LogP contribution is -2.19. The third kappa shape index (κ3) is 3.05. The van der Waals surface area contributed by atoms with E-state index in [4.69, 9.17) is 4.99 Å². The number of fused-ring (bicyclic) bond motifs is 3. The maximum atomic E-state index is 4.81. The van der Waals surface area contributed by atoms with Crippen LogP contribution in [-0.2, 0) is 5.41 Å². The Morgan fingerprint density at radius 2 is 1.92 bits per heavy atom. The molecule has 0 spiro atoms. The van der Waals surface area contributed by atoms with Crippen LogP contribution < -0.4 is 0 Å². The molecular weight excluding hydrogens is 302 g/mol. The smallest absolute Gasteiger partial charge is 0.0626 e. The molecule has 3 rings (SSSR count). The zero-order chi connectivity index (χ0) is 18.6. The molecule has 0 saturated heterocycles. The fourth-order valence-corrected chi connectivity index (χ4v) is 3.92. The van der Waals surface area contributed by atoms with Crippen LogP contribution in [0.2, 0.25) is 0 Å². The molecule has 2 aliphatic carbocycles. The molecular formula is C24H31N. The van der Waals surface area contributed by atoms with Crippen molar-refractivity contribution < 1.29 is 0 Å². The lowest BCUT2D eigenvalue weighted by molar-refractivity contribution is 0.587. The number of hydrogen-bond donors (Lipinski definition) is 0. The fourth-order valence-electron chi connectivity index (χ4n) is 3.92. The SMILES string of the molecule is C=C(/N=C(\C)C(C)(C)C)C1=CCC2C(=C1)C(C)(C)c1cc(C)ccc12. The first-order valence-corrected chi connectivity index (χ1v) is 9.30. The average Bonchev–Trinajstić information content (AvgIpc) is 2.74. The molecule has 1 nitrogen and oxygen atoms in total. The number of rotatable bonds is 2. The zero-order valence-electron chi connectivity index (χ0n) is 16.8. The van der Waals surface area contributed by atoms with E-state index in [1.807, 2.05) is 0 Å². The van der Waals surface area contributed by atoms with E-state index in [1.54, 1.807) is 0 Å². The van der Waals surface area contributed by atoms with Gasteiger partial charge < -0.3 is 0 Å². The van der Waals surface area contributed by atoms with E-state index in [1.165, 1.54) is 27.8 Å². The molecule has 0 N–H and O–H groups in total. The normalized spacial score (nSPS) is 22.0. The minimum atomic E-state index is 0.0776. The topological polar surface area (TPSA) is 12.4 Å². The van der Waals surface area contributed by atoms with Gasteiger partial charge in [-0.15, -0.1) is 0 Å². The Morgan fingerprint density at radius 1 is 1.24 bits per heavy atom. The number of benzene rings is 1. The summed E-state index contributed by atoms with van der Waals surface area (Å²) in [6, 6.07) is 6.94. The molecule has 1 aromatic carbocycles. The van der Waals surface area contributed by atoms with Crippen molar-refractivity contribution in [3.63, 3.8) is 0 Å². The predicted octanol–water partition coefficient (Wildman–Crippen LogP) is 6.65. The quantitative estimate of drug-likeness (QED) is 0.537. The Morgan fingerprint density at radius 3 is 2.56 bits per heavy atom. The van der Waals surface area contributed by atoms with Gasteiger partial charge in [0, 0.05) is 17.0 Å². The second-order valence-corrected chi connectivity index (χ2v) is 9.16. The Balaban J connectivity index is 1.97. The van der Waals surface area contributed by atoms with Gasteiger partial charge in [0.2, 0.25) is 0 Å². The van der Waals surface area contributed by atoms with Gasteiger partial charge in [0.15, 0.2) is 0 Å². The summed E-state index contributed by atoms with van der Waals surface area (Å²) in [7, 11) is 0. The minimum Gasteiger partial charge on any atom is -0.258 e. The monoisotopic (exact) mass is 333 g/mol. The molecule has 0 aromatic heterocycles. The lowest BCUT2D eigenvalue weighted by Gasteiger charge is -2.27. The highest BCUT2D eigenvalue weighted by molar-refractivity contribution is 5.88. The van der Waals surface area contributed by atoms with Crippen molar-refractivity contribution in [3.05, 3.63) is 70.5 Å². The van der Waals surface area contributed by atoms with Crippen LogP contribution in [-0.4, -0.2) is 5.71 Å². The van der Waals surface area contributed by atoms with E-state index in [9.17, 15) is 0 Å². The van der Waals surface area contributed by atoms with E-state index in [2.05, 4.69) is 85.4 Å². The van der Waals surface area contributed by atoms with Gasteiger partial charge in [0.05, 0.1) is 5.70 Å². The van der Waals surface area contributed by atoms with Gasteiger partial charge in [0.25, 0.3) is 0 Å². The van der Waals surface area contributed by atoms with E-state index in [0.717, 1.165) is 17.8 Å². The van der Waals surface area contributed by atoms with Gasteiger partial charge in [-0.1, -0.05) is 82.7 Å². The summed E-state index contributed by atoms with van der Waals surface area (Å²) in [5, 5.41) is 0. The van der Waals surface area contributed by atoms with E-state index in [-0.39, 0.29) is 10.8 Å². The second kappa shape index (κ2) is 5.83. The Bertz CT molecular complexity index is 822. The lowest BCUT2D eigenvalue weighted by atomic mass is 9.77. The van der Waals surface area contributed by atoms with Crippen LogP contribution in [0.15, 0.2) is 58.8 Å². The molecule has 1 atom stereocenters. The van der Waals surface area contributed by atoms with Crippen molar-refractivity contribution in [2.24, 2.45) is 10.4 Å². The van der Waals surface area contributed by atoms with Gasteiger partial charge in [0.1, 0.15) is 0 Å². The maximum Gasteiger partial charge on any atom is 0.0626 e. The van der Waals surface area contributed by atoms with Gasteiger partial charge in [-0.2, -0.15) is 0 Å². The summed E-state index contributed by atoms with van der Waals surface area (Å²) in [5.41, 5.74) is 9.19. The highest BCUT2D eigenvalue weighted by Crippen LogP contribution is 2.54. The first-order valence-electron chi connectivity index (χ1n) is 9.30. The summed E-state index contributed by atoms with van der Waals surface area (Å²) in [4.78, 5) is 4.81. The molecule has 2 aliphatic rings. The van der Waals surface area contributed by atoms with Gasteiger partial charge >= 0.3 is 0 Å². The van der Waals surface area contributed by atoms with Crippen LogP contribution >= 0.6 is 0 Å². The van der Waals surface area contributed by atoms with E-state index in [0.29, 0.717) is 5.92 Å². The molecule has 1 unspecified atom stereocenters. The van der Waals surface area contributed by atoms with Crippen molar-refractivity contribution in [2.75, 3.05) is 0 Å². The first-order chi connectivity index (χ1) is 11.5. The third-order valence-electron chi connectivity index (χ3n) is 5.96. The first kappa shape index (κ1) is 17.9. The largest absolute Gasteiger partial charge is 0.258 e. The van der Waals surface area contributed by atoms with E-state index >= 15 is 0 Å². The average molecular weight is 334 g/mol. The summed E-state index contributed by atoms with van der Waals surface area (Å²) < 4.78 is 0. The third-order valence-corrected chi connectivity index (χ3v) is 5.96. The Kier molecular flexibility index (Phi) is 4.18. The van der Waals surface area contributed by atoms with Gasteiger partial charge in [-0.05, 0) is 42.4 Å². The van der Waals surface area contributed by atoms with Crippen LogP contribution in [0.1, 0.15) is 70.6 Å². The van der Waals surface area contributed by atoms with E-state index < -0.39 is 0 Å². The highest BCUT2D eigenvalue weighted by Gasteiger charge is 2.42. The molecule has 0 aliphatic heterocycles. The van der Waals surface area contributed by atoms with Crippen LogP contribution in [0.4, 0.5) is 0 Å². The number of aryl methyl sites for hydroxylation is 1. The highest BCUT2D eigenvalue weighted by atomic mass is 14.8. The Labute approximate surface area is 153 Å². The molecule has 0 fully saturated rings. The molecule has 0 amide bonds. The van der Waals surface area contributed by atoms with Crippen LogP contribution in [0, 0.1) is 12.3 Å². The van der Waals surface area contributed by atoms with Crippen LogP contribution in [0.3, 0.4) is 0 Å². The minimum absolute atomic E-state index is 0.0776. The number of hydrogen-bond acceptors (Lipinski definition) is 1. The summed E-state index contributed by atoms with van der Waals surface area (Å²) in [6.45, 7) is 19.8. The van der Waals surface area contributed by atoms with Gasteiger partial charge in [-0.25, -0.2) is 0 Å². The van der Waals surface area contributed by atoms with Crippen molar-refractivity contribution in [3.8, 4) is 0 Å². The molecule has 1 aromatic rings. The predicted molar refractivity (Wildman–Crippen MR) is 109 cm³/mol. The van der Waals surface area contributed by atoms with Crippen molar-refractivity contribution >= 4 is 5.71 Å². The number of allylic oxidation sites excluding steroid dienone is 3. The molecule has 0 heterocycles. The molecule has 0 bridgehead atoms. The van der Waals surface area contributed by atoms with Crippen molar-refractivity contribution in [1.82, 2.24) is 0 Å². The zero-order valence-corrected chi connectivity index (χ0v) is 16.8. The molecule has 0 saturated carbocycles. The van der Waals surface area contributed by atoms with Crippen molar-refractivity contribution in [2.45, 2.75) is 66.2 Å². The number of aliphatic imine (C=N–C) groups is 1. The molecule has 1 heteroatoms. The standard InChI is InChI=1S/C24H31N/c1-15-9-11-19-20-12-10-18(16(2)25-17(3)23(4,5)6)14-22(20)24(7,8)21(19)13-15/h9-11,13-14,20H,2,12H2,1,3-8H3/b25-17+. The van der Waals surface area contributed by atoms with Crippen molar-refractivity contribution in [1.29, 1.82) is 0 Å². The van der Waals surface area contributed by atoms with Gasteiger partial charge in [-0.3, -0.25) is 4.99 Å². The molecule has 0 radical (unpaired) electrons. The molecule has 25 heavy (non-hydrogen) atoms. The summed E-state index contributed by atoms with van der Waals surface area (Å²) >= 11 is 0.